The van der Waals surface area contributed by atoms with Crippen LogP contribution in [0.5, 0.6) is 0 Å². The molecular weight excluding hydrogens is 306 g/mol. The lowest BCUT2D eigenvalue weighted by atomic mass is 10.2. The summed E-state index contributed by atoms with van der Waals surface area (Å²) in [6.07, 6.45) is 0. The molecule has 0 saturated carbocycles. The normalized spacial score (nSPS) is 11.0. The number of oxime groups is 1. The summed E-state index contributed by atoms with van der Waals surface area (Å²) >= 11 is 1.14. The Balaban J connectivity index is 2.12. The molecular formula is C14H13N3O4S. The van der Waals surface area contributed by atoms with Crippen LogP contribution in [-0.4, -0.2) is 22.6 Å². The number of nitrogens with two attached hydrogens (primary N) is 1. The van der Waals surface area contributed by atoms with E-state index in [2.05, 4.69) is 15.0 Å². The molecule has 0 radical (unpaired) electrons. The van der Waals surface area contributed by atoms with Gasteiger partial charge in [0.25, 0.3) is 0 Å². The lowest BCUT2D eigenvalue weighted by Crippen LogP contribution is -2.20. The van der Waals surface area contributed by atoms with Gasteiger partial charge in [-0.2, -0.15) is 0 Å². The molecule has 0 aliphatic carbocycles. The second-order valence-electron chi connectivity index (χ2n) is 4.16. The molecule has 1 aromatic carbocycles. The molecule has 0 bridgehead atoms. The third-order valence-corrected chi connectivity index (χ3v) is 3.11. The lowest BCUT2D eigenvalue weighted by Gasteiger charge is -2.05. The highest BCUT2D eigenvalue weighted by Crippen LogP contribution is 2.13. The Labute approximate surface area is 130 Å². The number of nitrogen functional groups attached to an aromatic ring is 1. The van der Waals surface area contributed by atoms with E-state index in [0.717, 1.165) is 16.9 Å². The summed E-state index contributed by atoms with van der Waals surface area (Å²) < 4.78 is 5.15. The Bertz CT molecular complexity index is 697. The number of esters is 1. The summed E-state index contributed by atoms with van der Waals surface area (Å²) in [4.78, 5) is 31.4. The zero-order chi connectivity index (χ0) is 15.9. The van der Waals surface area contributed by atoms with Crippen LogP contribution in [0.15, 0.2) is 40.9 Å². The molecule has 0 aliphatic rings. The molecule has 0 fully saturated rings. The van der Waals surface area contributed by atoms with E-state index in [1.54, 1.807) is 0 Å². The van der Waals surface area contributed by atoms with Gasteiger partial charge in [-0.05, 0) is 5.56 Å². The Morgan fingerprint density at radius 2 is 2.05 bits per heavy atom. The standard InChI is InChI=1S/C14H13N3O4S/c1-9(18)21-17-12(11-8-22-14(15)16-11)13(19)20-7-10-5-3-2-4-6-10/h2-6,8H,7H2,1H3,(H2,15,16). The molecule has 22 heavy (non-hydrogen) atoms. The SMILES string of the molecule is CC(=O)ON=C(C(=O)OCc1ccccc1)c1csc(N)n1. The van der Waals surface area contributed by atoms with Gasteiger partial charge in [-0.1, -0.05) is 35.5 Å². The molecule has 1 heterocycles. The summed E-state index contributed by atoms with van der Waals surface area (Å²) in [6, 6.07) is 9.15. The molecule has 7 nitrogen and oxygen atoms in total. The fourth-order valence-electron chi connectivity index (χ4n) is 1.49. The van der Waals surface area contributed by atoms with Crippen LogP contribution >= 0.6 is 11.3 Å². The second-order valence-corrected chi connectivity index (χ2v) is 5.05. The number of benzene rings is 1. The molecule has 1 aromatic heterocycles. The van der Waals surface area contributed by atoms with Gasteiger partial charge in [0, 0.05) is 12.3 Å². The molecule has 0 atom stereocenters. The molecule has 0 amide bonds. The minimum atomic E-state index is -0.754. The van der Waals surface area contributed by atoms with Gasteiger partial charge in [0.2, 0.25) is 5.71 Å². The van der Waals surface area contributed by atoms with Crippen molar-refractivity contribution in [2.24, 2.45) is 5.16 Å². The zero-order valence-corrected chi connectivity index (χ0v) is 12.5. The van der Waals surface area contributed by atoms with E-state index < -0.39 is 11.9 Å². The fourth-order valence-corrected chi connectivity index (χ4v) is 2.03. The van der Waals surface area contributed by atoms with E-state index in [0.29, 0.717) is 0 Å². The van der Waals surface area contributed by atoms with Crippen LogP contribution in [-0.2, 0) is 25.8 Å². The van der Waals surface area contributed by atoms with Crippen LogP contribution in [0.4, 0.5) is 5.13 Å². The Kier molecular flexibility index (Phi) is 5.21. The summed E-state index contributed by atoms with van der Waals surface area (Å²) in [5, 5.41) is 5.29. The van der Waals surface area contributed by atoms with Gasteiger partial charge < -0.3 is 15.3 Å². The van der Waals surface area contributed by atoms with E-state index in [1.807, 2.05) is 30.3 Å². The zero-order valence-electron chi connectivity index (χ0n) is 11.7. The van der Waals surface area contributed by atoms with Crippen LogP contribution in [0.1, 0.15) is 18.2 Å². The highest BCUT2D eigenvalue weighted by atomic mass is 32.1. The van der Waals surface area contributed by atoms with Crippen molar-refractivity contribution in [1.29, 1.82) is 0 Å². The number of ether oxygens (including phenoxy) is 1. The molecule has 8 heteroatoms. The molecule has 0 saturated heterocycles. The number of hydrogen-bond acceptors (Lipinski definition) is 8. The third-order valence-electron chi connectivity index (χ3n) is 2.44. The van der Waals surface area contributed by atoms with Crippen LogP contribution in [0.3, 0.4) is 0 Å². The highest BCUT2D eigenvalue weighted by Gasteiger charge is 2.20. The van der Waals surface area contributed by atoms with Gasteiger partial charge in [-0.25, -0.2) is 14.6 Å². The van der Waals surface area contributed by atoms with Crippen molar-refractivity contribution in [1.82, 2.24) is 4.98 Å². The summed E-state index contributed by atoms with van der Waals surface area (Å²) in [7, 11) is 0. The maximum absolute atomic E-state index is 12.1. The Morgan fingerprint density at radius 1 is 1.32 bits per heavy atom. The summed E-state index contributed by atoms with van der Waals surface area (Å²) in [5.74, 6) is -1.41. The molecule has 2 aromatic rings. The van der Waals surface area contributed by atoms with Crippen LogP contribution in [0.25, 0.3) is 0 Å². The smallest absolute Gasteiger partial charge is 0.363 e. The summed E-state index contributed by atoms with van der Waals surface area (Å²) in [5.41, 5.74) is 6.34. The second kappa shape index (κ2) is 7.32. The van der Waals surface area contributed by atoms with Crippen molar-refractivity contribution >= 4 is 34.1 Å². The first-order valence-corrected chi connectivity index (χ1v) is 7.12. The highest BCUT2D eigenvalue weighted by molar-refractivity contribution is 7.13. The number of carbonyl (C=O) groups excluding carboxylic acids is 2. The number of thiazole rings is 1. The fraction of sp³-hybridized carbons (Fsp3) is 0.143. The molecule has 0 aliphatic heterocycles. The van der Waals surface area contributed by atoms with E-state index in [9.17, 15) is 9.59 Å². The van der Waals surface area contributed by atoms with Crippen molar-refractivity contribution in [3.8, 4) is 0 Å². The lowest BCUT2D eigenvalue weighted by molar-refractivity contribution is -0.141. The maximum atomic E-state index is 12.1. The van der Waals surface area contributed by atoms with Crippen molar-refractivity contribution in [2.75, 3.05) is 5.73 Å². The first-order chi connectivity index (χ1) is 10.6. The molecule has 2 rings (SSSR count). The monoisotopic (exact) mass is 319 g/mol. The molecule has 0 unspecified atom stereocenters. The first-order valence-electron chi connectivity index (χ1n) is 6.24. The number of aromatic nitrogens is 1. The van der Waals surface area contributed by atoms with Gasteiger partial charge in [0.1, 0.15) is 12.3 Å². The van der Waals surface area contributed by atoms with Crippen LogP contribution < -0.4 is 5.73 Å². The largest absolute Gasteiger partial charge is 0.456 e. The van der Waals surface area contributed by atoms with Gasteiger partial charge in [0.15, 0.2) is 5.13 Å². The van der Waals surface area contributed by atoms with Crippen LogP contribution in [0, 0.1) is 0 Å². The molecule has 114 valence electrons. The van der Waals surface area contributed by atoms with Crippen molar-refractivity contribution in [2.45, 2.75) is 13.5 Å². The van der Waals surface area contributed by atoms with Crippen molar-refractivity contribution in [3.05, 3.63) is 47.0 Å². The van der Waals surface area contributed by atoms with Crippen LogP contribution in [0.2, 0.25) is 0 Å². The number of rotatable bonds is 5. The van der Waals surface area contributed by atoms with Gasteiger partial charge in [0.05, 0.1) is 0 Å². The molecule has 0 spiro atoms. The third kappa shape index (κ3) is 4.38. The van der Waals surface area contributed by atoms with Gasteiger partial charge in [-0.3, -0.25) is 0 Å². The number of carbonyl (C=O) groups is 2. The van der Waals surface area contributed by atoms with Gasteiger partial charge in [-0.15, -0.1) is 11.3 Å². The van der Waals surface area contributed by atoms with Crippen molar-refractivity contribution in [3.63, 3.8) is 0 Å². The first kappa shape index (κ1) is 15.6. The predicted octanol–water partition coefficient (Wildman–Crippen LogP) is 1.74. The van der Waals surface area contributed by atoms with Gasteiger partial charge >= 0.3 is 11.9 Å². The number of hydrogen-bond donors (Lipinski definition) is 1. The minimum Gasteiger partial charge on any atom is -0.456 e. The Morgan fingerprint density at radius 3 is 2.64 bits per heavy atom. The topological polar surface area (TPSA) is 104 Å². The minimum absolute atomic E-state index is 0.0678. The average Bonchev–Trinajstić information content (AvgIpc) is 2.92. The summed E-state index contributed by atoms with van der Waals surface area (Å²) in [6.45, 7) is 1.24. The average molecular weight is 319 g/mol. The quantitative estimate of drug-likeness (QED) is 0.389. The number of nitrogens with zero attached hydrogens (tertiary/aromatic N) is 2. The maximum Gasteiger partial charge on any atom is 0.363 e. The molecule has 2 N–H and O–H groups in total. The van der Waals surface area contributed by atoms with E-state index in [4.69, 9.17) is 10.5 Å². The van der Waals surface area contributed by atoms with E-state index in [-0.39, 0.29) is 23.1 Å². The number of anilines is 1. The van der Waals surface area contributed by atoms with E-state index >= 15 is 0 Å². The van der Waals surface area contributed by atoms with Crippen molar-refractivity contribution < 1.29 is 19.2 Å². The predicted molar refractivity (Wildman–Crippen MR) is 81.1 cm³/mol. The van der Waals surface area contributed by atoms with E-state index in [1.165, 1.54) is 12.3 Å². The Hall–Kier alpha value is -2.74.